The number of ether oxygens (including phenoxy) is 1. The Balaban J connectivity index is 1.38. The summed E-state index contributed by atoms with van der Waals surface area (Å²) in [6.07, 6.45) is 6.72. The van der Waals surface area contributed by atoms with Crippen molar-refractivity contribution in [1.29, 1.82) is 0 Å². The van der Waals surface area contributed by atoms with Gasteiger partial charge in [-0.25, -0.2) is 0 Å². The SMILES string of the molecule is COC1(C(C)C2CCCCC2)C2c3ccc4c(c3-c3cc(C(C)(C)C)c5ccccc5[n+]3C21)C(C)(C)c1c-4oc2ccccc12. The molecule has 3 heterocycles. The molecule has 0 spiro atoms. The number of methoxy groups -OCH3 is 1. The van der Waals surface area contributed by atoms with E-state index in [1.165, 1.54) is 87.5 Å². The van der Waals surface area contributed by atoms with Gasteiger partial charge in [0.15, 0.2) is 6.04 Å². The number of benzene rings is 3. The summed E-state index contributed by atoms with van der Waals surface area (Å²) in [7, 11) is 2.00. The van der Waals surface area contributed by atoms with Crippen LogP contribution in [-0.4, -0.2) is 12.7 Å². The highest BCUT2D eigenvalue weighted by atomic mass is 16.5. The van der Waals surface area contributed by atoms with E-state index in [0.717, 1.165) is 11.3 Å². The van der Waals surface area contributed by atoms with Crippen molar-refractivity contribution < 1.29 is 13.7 Å². The van der Waals surface area contributed by atoms with Crippen molar-refractivity contribution >= 4 is 21.9 Å². The van der Waals surface area contributed by atoms with Gasteiger partial charge in [0.2, 0.25) is 11.2 Å². The highest BCUT2D eigenvalue weighted by Gasteiger charge is 2.79. The summed E-state index contributed by atoms with van der Waals surface area (Å²) in [5.74, 6) is 2.55. The van der Waals surface area contributed by atoms with E-state index < -0.39 is 0 Å². The Morgan fingerprint density at radius 1 is 0.889 bits per heavy atom. The molecule has 3 aliphatic carbocycles. The topological polar surface area (TPSA) is 26.2 Å². The Hall–Kier alpha value is -3.43. The van der Waals surface area contributed by atoms with Crippen molar-refractivity contribution in [3.63, 3.8) is 0 Å². The number of furan rings is 1. The highest BCUT2D eigenvalue weighted by molar-refractivity contribution is 5.98. The summed E-state index contributed by atoms with van der Waals surface area (Å²) in [6.45, 7) is 14.4. The molecule has 230 valence electrons. The van der Waals surface area contributed by atoms with Crippen LogP contribution >= 0.6 is 0 Å². The fourth-order valence-electron chi connectivity index (χ4n) is 10.5. The van der Waals surface area contributed by atoms with E-state index in [-0.39, 0.29) is 22.5 Å². The fraction of sp³-hybridized carbons (Fsp3) is 0.452. The predicted octanol–water partition coefficient (Wildman–Crippen LogP) is 10.4. The lowest BCUT2D eigenvalue weighted by molar-refractivity contribution is -0.674. The van der Waals surface area contributed by atoms with Gasteiger partial charge in [0, 0.05) is 41.2 Å². The lowest BCUT2D eigenvalue weighted by Gasteiger charge is -2.33. The lowest BCUT2D eigenvalue weighted by atomic mass is 9.74. The minimum atomic E-state index is -0.227. The zero-order chi connectivity index (χ0) is 31.0. The molecule has 0 saturated heterocycles. The molecular formula is C42H46NO2+. The number of aromatic nitrogens is 1. The van der Waals surface area contributed by atoms with Gasteiger partial charge in [-0.15, -0.1) is 0 Å². The third kappa shape index (κ3) is 3.43. The van der Waals surface area contributed by atoms with Crippen LogP contribution < -0.4 is 4.57 Å². The quantitative estimate of drug-likeness (QED) is 0.194. The molecule has 0 amide bonds. The number of nitrogens with zero attached hydrogens (tertiary/aromatic N) is 1. The zero-order valence-electron chi connectivity index (χ0n) is 28.0. The monoisotopic (exact) mass is 596 g/mol. The smallest absolute Gasteiger partial charge is 0.214 e. The molecule has 45 heavy (non-hydrogen) atoms. The van der Waals surface area contributed by atoms with E-state index in [0.29, 0.717) is 17.8 Å². The van der Waals surface area contributed by atoms with E-state index in [4.69, 9.17) is 9.15 Å². The summed E-state index contributed by atoms with van der Waals surface area (Å²) in [5, 5.41) is 2.60. The number of para-hydroxylation sites is 2. The van der Waals surface area contributed by atoms with Crippen molar-refractivity contribution in [2.75, 3.05) is 7.11 Å². The second-order valence-corrected chi connectivity index (χ2v) is 16.1. The Morgan fingerprint density at radius 2 is 1.60 bits per heavy atom. The van der Waals surface area contributed by atoms with Crippen LogP contribution in [0.3, 0.4) is 0 Å². The molecule has 3 aromatic carbocycles. The average Bonchev–Trinajstić information content (AvgIpc) is 3.47. The third-order valence-electron chi connectivity index (χ3n) is 12.6. The van der Waals surface area contributed by atoms with E-state index in [1.54, 1.807) is 0 Å². The van der Waals surface area contributed by atoms with E-state index >= 15 is 0 Å². The normalized spacial score (nSPS) is 25.4. The van der Waals surface area contributed by atoms with Crippen molar-refractivity contribution in [1.82, 2.24) is 0 Å². The van der Waals surface area contributed by atoms with Gasteiger partial charge < -0.3 is 9.15 Å². The molecule has 4 atom stereocenters. The summed E-state index contributed by atoms with van der Waals surface area (Å²) in [5.41, 5.74) is 11.5. The molecule has 2 fully saturated rings. The maximum atomic E-state index is 6.91. The first-order valence-corrected chi connectivity index (χ1v) is 17.3. The molecule has 0 bridgehead atoms. The molecule has 9 rings (SSSR count). The number of rotatable bonds is 3. The molecule has 1 aliphatic heterocycles. The Morgan fingerprint density at radius 3 is 2.33 bits per heavy atom. The van der Waals surface area contributed by atoms with Crippen LogP contribution in [0.15, 0.2) is 71.1 Å². The molecule has 0 N–H and O–H groups in total. The summed E-state index contributed by atoms with van der Waals surface area (Å²) in [6, 6.07) is 25.4. The van der Waals surface area contributed by atoms with Gasteiger partial charge in [-0.3, -0.25) is 0 Å². The van der Waals surface area contributed by atoms with Gasteiger partial charge in [-0.2, -0.15) is 4.57 Å². The fourth-order valence-corrected chi connectivity index (χ4v) is 10.5. The molecule has 4 unspecified atom stereocenters. The summed E-state index contributed by atoms with van der Waals surface area (Å²) in [4.78, 5) is 0. The maximum Gasteiger partial charge on any atom is 0.214 e. The van der Waals surface area contributed by atoms with Gasteiger partial charge in [-0.05, 0) is 46.1 Å². The standard InChI is InChI=1S/C42H46NO2/c1-24(25-15-9-8-10-16-25)42(44-7)37-28-21-22-29-35(41(5,6)36-27-18-12-14-20-33(27)45-38(29)36)34(28)32-23-30(40(2,3)4)26-17-11-13-19-31(26)43(32)39(37)42/h11-14,17-25,37,39H,8-10,15-16H2,1-7H3/q+1. The summed E-state index contributed by atoms with van der Waals surface area (Å²) >= 11 is 0. The van der Waals surface area contributed by atoms with E-state index in [1.807, 2.05) is 7.11 Å². The minimum absolute atomic E-state index is 0.000972. The van der Waals surface area contributed by atoms with Crippen LogP contribution in [0.5, 0.6) is 0 Å². The number of hydrogen-bond acceptors (Lipinski definition) is 2. The van der Waals surface area contributed by atoms with Gasteiger partial charge in [-0.1, -0.05) is 116 Å². The van der Waals surface area contributed by atoms with Gasteiger partial charge in [0.25, 0.3) is 0 Å². The van der Waals surface area contributed by atoms with Gasteiger partial charge >= 0.3 is 0 Å². The van der Waals surface area contributed by atoms with Gasteiger partial charge in [0.1, 0.15) is 16.9 Å². The first kappa shape index (κ1) is 27.8. The molecule has 2 saturated carbocycles. The highest BCUT2D eigenvalue weighted by Crippen LogP contribution is 2.71. The first-order valence-electron chi connectivity index (χ1n) is 17.3. The summed E-state index contributed by atoms with van der Waals surface area (Å²) < 4.78 is 16.3. The lowest BCUT2D eigenvalue weighted by Crippen LogP contribution is -2.45. The van der Waals surface area contributed by atoms with Crippen LogP contribution in [0.4, 0.5) is 0 Å². The van der Waals surface area contributed by atoms with Crippen molar-refractivity contribution in [3.05, 3.63) is 89.0 Å². The van der Waals surface area contributed by atoms with Gasteiger partial charge in [0.05, 0.1) is 16.9 Å². The maximum absolute atomic E-state index is 6.91. The molecule has 5 aromatic rings. The second kappa shape index (κ2) is 9.10. The number of pyridine rings is 1. The Kier molecular flexibility index (Phi) is 5.63. The van der Waals surface area contributed by atoms with Crippen LogP contribution in [-0.2, 0) is 15.6 Å². The van der Waals surface area contributed by atoms with Crippen molar-refractivity contribution in [2.45, 2.75) is 102 Å². The van der Waals surface area contributed by atoms with Crippen LogP contribution in [0, 0.1) is 11.8 Å². The molecule has 2 aromatic heterocycles. The first-order chi connectivity index (χ1) is 21.6. The average molecular weight is 597 g/mol. The largest absolute Gasteiger partial charge is 0.456 e. The van der Waals surface area contributed by atoms with Crippen LogP contribution in [0.1, 0.15) is 108 Å². The van der Waals surface area contributed by atoms with Crippen LogP contribution in [0.2, 0.25) is 0 Å². The molecule has 4 aliphatic rings. The molecule has 3 heteroatoms. The van der Waals surface area contributed by atoms with E-state index in [2.05, 4.69) is 113 Å². The Labute approximate surface area is 267 Å². The predicted molar refractivity (Wildman–Crippen MR) is 183 cm³/mol. The number of fused-ring (bicyclic) bond motifs is 14. The molecule has 3 nitrogen and oxygen atoms in total. The minimum Gasteiger partial charge on any atom is -0.456 e. The van der Waals surface area contributed by atoms with Crippen LogP contribution in [0.25, 0.3) is 44.5 Å². The zero-order valence-corrected chi connectivity index (χ0v) is 28.0. The molecular weight excluding hydrogens is 550 g/mol. The van der Waals surface area contributed by atoms with E-state index in [9.17, 15) is 0 Å². The number of hydrogen-bond donors (Lipinski definition) is 0. The molecule has 0 radical (unpaired) electrons. The second-order valence-electron chi connectivity index (χ2n) is 16.1. The van der Waals surface area contributed by atoms with Crippen molar-refractivity contribution in [2.24, 2.45) is 11.8 Å². The van der Waals surface area contributed by atoms with Crippen molar-refractivity contribution in [3.8, 4) is 22.6 Å². The third-order valence-corrected chi connectivity index (χ3v) is 12.6. The Bertz CT molecular complexity index is 2030.